The number of hydrogen-bond acceptors (Lipinski definition) is 2. The zero-order valence-electron chi connectivity index (χ0n) is 9.65. The molecule has 0 aliphatic heterocycles. The van der Waals surface area contributed by atoms with E-state index in [1.54, 1.807) is 11.3 Å². The topological polar surface area (TPSA) is 17.1 Å². The van der Waals surface area contributed by atoms with E-state index in [0.717, 1.165) is 35.1 Å². The van der Waals surface area contributed by atoms with Gasteiger partial charge >= 0.3 is 0 Å². The summed E-state index contributed by atoms with van der Waals surface area (Å²) in [7, 11) is 0. The number of halogens is 3. The molecule has 5 heteroatoms. The summed E-state index contributed by atoms with van der Waals surface area (Å²) in [5.74, 6) is 0.247. The molecule has 17 heavy (non-hydrogen) atoms. The van der Waals surface area contributed by atoms with Gasteiger partial charge in [0.15, 0.2) is 5.78 Å². The standard InChI is InChI=1S/C12H13Br2IOS/c1-3-4-5-9(16)7(2)6-8-10(15)12(14)17-11(8)13/h6H,3-5H2,1-2H3/b7-6+. The minimum absolute atomic E-state index is 0.247. The molecule has 0 aliphatic carbocycles. The molecular formula is C12H13Br2IOS. The van der Waals surface area contributed by atoms with Gasteiger partial charge in [0.05, 0.1) is 7.57 Å². The van der Waals surface area contributed by atoms with Gasteiger partial charge in [0.1, 0.15) is 0 Å². The second-order valence-corrected chi connectivity index (χ2v) is 8.47. The van der Waals surface area contributed by atoms with Crippen LogP contribution >= 0.6 is 65.8 Å². The molecule has 1 rings (SSSR count). The molecular weight excluding hydrogens is 479 g/mol. The van der Waals surface area contributed by atoms with Crippen LogP contribution in [0.15, 0.2) is 13.1 Å². The monoisotopic (exact) mass is 490 g/mol. The van der Waals surface area contributed by atoms with Crippen LogP contribution in [0.4, 0.5) is 0 Å². The largest absolute Gasteiger partial charge is 0.295 e. The molecule has 0 aliphatic rings. The minimum Gasteiger partial charge on any atom is -0.295 e. The van der Waals surface area contributed by atoms with Gasteiger partial charge in [0.2, 0.25) is 0 Å². The van der Waals surface area contributed by atoms with E-state index >= 15 is 0 Å². The summed E-state index contributed by atoms with van der Waals surface area (Å²) in [5.41, 5.74) is 1.94. The van der Waals surface area contributed by atoms with Gasteiger partial charge in [0.25, 0.3) is 0 Å². The van der Waals surface area contributed by atoms with Crippen LogP contribution in [0.2, 0.25) is 0 Å². The highest BCUT2D eigenvalue weighted by Crippen LogP contribution is 2.39. The minimum atomic E-state index is 0.247. The number of allylic oxidation sites excluding steroid dienone is 1. The van der Waals surface area contributed by atoms with Gasteiger partial charge in [0, 0.05) is 15.6 Å². The van der Waals surface area contributed by atoms with E-state index in [1.807, 2.05) is 13.0 Å². The van der Waals surface area contributed by atoms with Crippen molar-refractivity contribution < 1.29 is 4.79 Å². The summed E-state index contributed by atoms with van der Waals surface area (Å²) >= 11 is 11.0. The molecule has 0 amide bonds. The van der Waals surface area contributed by atoms with Crippen molar-refractivity contribution in [2.45, 2.75) is 33.1 Å². The van der Waals surface area contributed by atoms with Gasteiger partial charge in [-0.05, 0) is 79.4 Å². The van der Waals surface area contributed by atoms with Crippen molar-refractivity contribution >= 4 is 77.6 Å². The van der Waals surface area contributed by atoms with Gasteiger partial charge in [-0.25, -0.2) is 0 Å². The predicted octanol–water partition coefficient (Wildman–Crippen LogP) is 6.04. The van der Waals surface area contributed by atoms with Gasteiger partial charge < -0.3 is 0 Å². The van der Waals surface area contributed by atoms with Crippen molar-refractivity contribution in [3.8, 4) is 0 Å². The number of ketones is 1. The van der Waals surface area contributed by atoms with E-state index in [2.05, 4.69) is 61.4 Å². The van der Waals surface area contributed by atoms with Crippen LogP contribution in [0.5, 0.6) is 0 Å². The van der Waals surface area contributed by atoms with Crippen LogP contribution in [0.25, 0.3) is 6.08 Å². The normalized spacial score (nSPS) is 11.9. The first-order chi connectivity index (χ1) is 7.97. The second-order valence-electron chi connectivity index (χ2n) is 3.73. The predicted molar refractivity (Wildman–Crippen MR) is 90.6 cm³/mol. The molecule has 0 fully saturated rings. The first-order valence-electron chi connectivity index (χ1n) is 5.32. The number of thiophene rings is 1. The second kappa shape index (κ2) is 7.40. The van der Waals surface area contributed by atoms with Crippen LogP contribution in [-0.2, 0) is 4.79 Å². The van der Waals surface area contributed by atoms with Crippen molar-refractivity contribution in [1.29, 1.82) is 0 Å². The Morgan fingerprint density at radius 3 is 2.53 bits per heavy atom. The van der Waals surface area contributed by atoms with Crippen LogP contribution in [0, 0.1) is 3.57 Å². The Kier molecular flexibility index (Phi) is 6.91. The zero-order chi connectivity index (χ0) is 13.0. The lowest BCUT2D eigenvalue weighted by Gasteiger charge is -2.00. The van der Waals surface area contributed by atoms with E-state index in [4.69, 9.17) is 0 Å². The van der Waals surface area contributed by atoms with Gasteiger partial charge in [-0.2, -0.15) is 0 Å². The highest BCUT2D eigenvalue weighted by molar-refractivity contribution is 14.1. The number of Topliss-reactive ketones (excluding diaryl/α,β-unsaturated/α-hetero) is 1. The third-order valence-electron chi connectivity index (χ3n) is 2.36. The van der Waals surface area contributed by atoms with Crippen LogP contribution < -0.4 is 0 Å². The summed E-state index contributed by atoms with van der Waals surface area (Å²) in [4.78, 5) is 11.8. The summed E-state index contributed by atoms with van der Waals surface area (Å²) in [6.45, 7) is 3.99. The molecule has 1 heterocycles. The lowest BCUT2D eigenvalue weighted by Crippen LogP contribution is -1.98. The molecule has 1 aromatic heterocycles. The lowest BCUT2D eigenvalue weighted by atomic mass is 10.1. The third-order valence-corrected chi connectivity index (χ3v) is 7.16. The van der Waals surface area contributed by atoms with Crippen LogP contribution in [-0.4, -0.2) is 5.78 Å². The van der Waals surface area contributed by atoms with E-state index in [0.29, 0.717) is 6.42 Å². The fourth-order valence-corrected chi connectivity index (χ4v) is 5.41. The van der Waals surface area contributed by atoms with Gasteiger partial charge in [-0.15, -0.1) is 11.3 Å². The zero-order valence-corrected chi connectivity index (χ0v) is 15.8. The molecule has 0 atom stereocenters. The van der Waals surface area contributed by atoms with E-state index < -0.39 is 0 Å². The number of carbonyl (C=O) groups is 1. The van der Waals surface area contributed by atoms with Crippen LogP contribution in [0.3, 0.4) is 0 Å². The van der Waals surface area contributed by atoms with Crippen LogP contribution in [0.1, 0.15) is 38.7 Å². The fourth-order valence-electron chi connectivity index (χ4n) is 1.32. The number of carbonyl (C=O) groups excluding carboxylic acids is 1. The molecule has 0 bridgehead atoms. The summed E-state index contributed by atoms with van der Waals surface area (Å²) in [6.07, 6.45) is 4.66. The van der Waals surface area contributed by atoms with Gasteiger partial charge in [-0.3, -0.25) is 4.79 Å². The van der Waals surface area contributed by atoms with Crippen molar-refractivity contribution in [2.75, 3.05) is 0 Å². The molecule has 0 radical (unpaired) electrons. The van der Waals surface area contributed by atoms with Crippen molar-refractivity contribution in [1.82, 2.24) is 0 Å². The Morgan fingerprint density at radius 2 is 2.06 bits per heavy atom. The molecule has 0 N–H and O–H groups in total. The lowest BCUT2D eigenvalue weighted by molar-refractivity contribution is -0.115. The summed E-state index contributed by atoms with van der Waals surface area (Å²) < 4.78 is 3.32. The smallest absolute Gasteiger partial charge is 0.158 e. The summed E-state index contributed by atoms with van der Waals surface area (Å²) in [6, 6.07) is 0. The van der Waals surface area contributed by atoms with Crippen molar-refractivity contribution in [2.24, 2.45) is 0 Å². The van der Waals surface area contributed by atoms with E-state index in [9.17, 15) is 4.79 Å². The maximum absolute atomic E-state index is 11.8. The Bertz CT molecular complexity index is 452. The Labute approximate surface area is 136 Å². The summed E-state index contributed by atoms with van der Waals surface area (Å²) in [5, 5.41) is 0. The number of unbranched alkanes of at least 4 members (excludes halogenated alkanes) is 1. The number of rotatable bonds is 5. The average Bonchev–Trinajstić information content (AvgIpc) is 2.52. The molecule has 94 valence electrons. The molecule has 0 aromatic carbocycles. The first-order valence-corrected chi connectivity index (χ1v) is 8.80. The molecule has 1 nitrogen and oxygen atoms in total. The maximum Gasteiger partial charge on any atom is 0.158 e. The van der Waals surface area contributed by atoms with E-state index in [1.165, 1.54) is 0 Å². The molecule has 0 unspecified atom stereocenters. The van der Waals surface area contributed by atoms with E-state index in [-0.39, 0.29) is 5.78 Å². The average molecular weight is 492 g/mol. The highest BCUT2D eigenvalue weighted by atomic mass is 127. The number of hydrogen-bond donors (Lipinski definition) is 0. The molecule has 1 aromatic rings. The quantitative estimate of drug-likeness (QED) is 0.362. The Balaban J connectivity index is 2.90. The molecule has 0 saturated carbocycles. The first kappa shape index (κ1) is 15.9. The molecule has 0 saturated heterocycles. The maximum atomic E-state index is 11.8. The van der Waals surface area contributed by atoms with Crippen molar-refractivity contribution in [3.63, 3.8) is 0 Å². The van der Waals surface area contributed by atoms with Crippen molar-refractivity contribution in [3.05, 3.63) is 22.3 Å². The SMILES string of the molecule is CCCCC(=O)/C(C)=C/c1c(Br)sc(Br)c1I. The Morgan fingerprint density at radius 1 is 1.41 bits per heavy atom. The third kappa shape index (κ3) is 4.44. The van der Waals surface area contributed by atoms with Gasteiger partial charge in [-0.1, -0.05) is 13.3 Å². The fraction of sp³-hybridized carbons (Fsp3) is 0.417. The molecule has 0 spiro atoms. The Hall–Kier alpha value is 0.800. The highest BCUT2D eigenvalue weighted by Gasteiger charge is 2.12.